The molecule has 0 radical (unpaired) electrons. The third kappa shape index (κ3) is 2.26. The van der Waals surface area contributed by atoms with Crippen LogP contribution in [0.5, 0.6) is 11.5 Å². The van der Waals surface area contributed by atoms with Crippen molar-refractivity contribution in [2.24, 2.45) is 0 Å². The molecule has 8 nitrogen and oxygen atoms in total. The third-order valence-electron chi connectivity index (χ3n) is 2.03. The number of aromatic hydroxyl groups is 2. The third-order valence-corrected chi connectivity index (χ3v) is 2.03. The molecule has 0 aromatic heterocycles. The number of phenolic OH excluding ortho intramolecular Hbond substituents is 1. The van der Waals surface area contributed by atoms with Crippen molar-refractivity contribution in [2.75, 3.05) is 7.11 Å². The first-order valence-corrected chi connectivity index (χ1v) is 4.34. The summed E-state index contributed by atoms with van der Waals surface area (Å²) in [6.45, 7) is -0.259. The van der Waals surface area contributed by atoms with E-state index in [0.29, 0.717) is 0 Å². The van der Waals surface area contributed by atoms with Gasteiger partial charge >= 0.3 is 5.97 Å². The molecule has 0 atom stereocenters. The van der Waals surface area contributed by atoms with Gasteiger partial charge in [0, 0.05) is 7.11 Å². The maximum atomic E-state index is 10.8. The molecule has 3 N–H and O–H groups in total. The predicted molar refractivity (Wildman–Crippen MR) is 54.1 cm³/mol. The SMILES string of the molecule is COCc1cc(O)c(O)c(C(=O)O)c1[N+](=O)[O-]. The smallest absolute Gasteiger partial charge is 0.346 e. The summed E-state index contributed by atoms with van der Waals surface area (Å²) in [6.07, 6.45) is 0. The number of methoxy groups -OCH3 is 1. The highest BCUT2D eigenvalue weighted by Gasteiger charge is 2.30. The van der Waals surface area contributed by atoms with E-state index in [1.54, 1.807) is 0 Å². The lowest BCUT2D eigenvalue weighted by atomic mass is 10.1. The van der Waals surface area contributed by atoms with Crippen LogP contribution in [0.2, 0.25) is 0 Å². The number of ether oxygens (including phenoxy) is 1. The Morgan fingerprint density at radius 1 is 1.53 bits per heavy atom. The van der Waals surface area contributed by atoms with Gasteiger partial charge in [-0.2, -0.15) is 0 Å². The highest BCUT2D eigenvalue weighted by molar-refractivity contribution is 5.97. The van der Waals surface area contributed by atoms with E-state index >= 15 is 0 Å². The zero-order chi connectivity index (χ0) is 13.2. The minimum Gasteiger partial charge on any atom is -0.504 e. The number of nitro groups is 1. The second kappa shape index (κ2) is 4.66. The van der Waals surface area contributed by atoms with E-state index in [1.165, 1.54) is 7.11 Å². The first kappa shape index (κ1) is 12.7. The molecule has 92 valence electrons. The molecule has 8 heteroatoms. The van der Waals surface area contributed by atoms with Gasteiger partial charge in [-0.3, -0.25) is 10.1 Å². The van der Waals surface area contributed by atoms with Crippen LogP contribution in [-0.4, -0.2) is 33.3 Å². The Bertz CT molecular complexity index is 483. The molecule has 1 rings (SSSR count). The highest BCUT2D eigenvalue weighted by Crippen LogP contribution is 2.38. The number of rotatable bonds is 4. The lowest BCUT2D eigenvalue weighted by molar-refractivity contribution is -0.386. The number of carbonyl (C=O) groups is 1. The Kier molecular flexibility index (Phi) is 3.49. The van der Waals surface area contributed by atoms with Crippen molar-refractivity contribution < 1.29 is 29.8 Å². The summed E-state index contributed by atoms with van der Waals surface area (Å²) in [4.78, 5) is 20.7. The molecule has 0 bridgehead atoms. The van der Waals surface area contributed by atoms with E-state index in [9.17, 15) is 25.1 Å². The number of carboxylic acids is 1. The fourth-order valence-corrected chi connectivity index (χ4v) is 1.38. The second-order valence-electron chi connectivity index (χ2n) is 3.12. The molecular formula is C9H9NO7. The monoisotopic (exact) mass is 243 g/mol. The van der Waals surface area contributed by atoms with Gasteiger partial charge in [0.15, 0.2) is 17.1 Å². The van der Waals surface area contributed by atoms with Crippen molar-refractivity contribution >= 4 is 11.7 Å². The number of hydrogen-bond donors (Lipinski definition) is 3. The number of phenols is 2. The first-order chi connectivity index (χ1) is 7.90. The summed E-state index contributed by atoms with van der Waals surface area (Å²) in [5.41, 5.74) is -1.89. The molecular weight excluding hydrogens is 234 g/mol. The number of hydrogen-bond acceptors (Lipinski definition) is 6. The Balaban J connectivity index is 3.63. The first-order valence-electron chi connectivity index (χ1n) is 4.34. The van der Waals surface area contributed by atoms with Crippen molar-refractivity contribution in [2.45, 2.75) is 6.61 Å². The van der Waals surface area contributed by atoms with Gasteiger partial charge in [0.25, 0.3) is 5.69 Å². The Hall–Kier alpha value is -2.35. The van der Waals surface area contributed by atoms with Gasteiger partial charge in [0.2, 0.25) is 0 Å². The van der Waals surface area contributed by atoms with Gasteiger partial charge in [-0.15, -0.1) is 0 Å². The molecule has 0 aliphatic carbocycles. The average Bonchev–Trinajstić information content (AvgIpc) is 2.21. The Morgan fingerprint density at radius 3 is 2.53 bits per heavy atom. The predicted octanol–water partition coefficient (Wildman–Crippen LogP) is 0.851. The number of benzene rings is 1. The molecule has 1 aromatic rings. The van der Waals surface area contributed by atoms with Crippen LogP contribution >= 0.6 is 0 Å². The maximum absolute atomic E-state index is 10.8. The van der Waals surface area contributed by atoms with Crippen LogP contribution in [0.25, 0.3) is 0 Å². The Morgan fingerprint density at radius 2 is 2.12 bits per heavy atom. The van der Waals surface area contributed by atoms with Crippen molar-refractivity contribution in [3.05, 3.63) is 27.3 Å². The van der Waals surface area contributed by atoms with Crippen LogP contribution in [-0.2, 0) is 11.3 Å². The molecule has 0 amide bonds. The minimum absolute atomic E-state index is 0.134. The molecule has 1 aromatic carbocycles. The summed E-state index contributed by atoms with van der Waals surface area (Å²) < 4.78 is 4.66. The number of nitrogens with zero attached hydrogens (tertiary/aromatic N) is 1. The summed E-state index contributed by atoms with van der Waals surface area (Å²) in [5.74, 6) is -3.49. The lowest BCUT2D eigenvalue weighted by Gasteiger charge is -2.08. The van der Waals surface area contributed by atoms with E-state index in [-0.39, 0.29) is 12.2 Å². The molecule has 17 heavy (non-hydrogen) atoms. The van der Waals surface area contributed by atoms with Crippen molar-refractivity contribution in [1.82, 2.24) is 0 Å². The fourth-order valence-electron chi connectivity index (χ4n) is 1.38. The summed E-state index contributed by atoms with van der Waals surface area (Å²) in [6, 6.07) is 0.892. The van der Waals surface area contributed by atoms with E-state index in [2.05, 4.69) is 4.74 Å². The lowest BCUT2D eigenvalue weighted by Crippen LogP contribution is -2.07. The van der Waals surface area contributed by atoms with E-state index in [4.69, 9.17) is 5.11 Å². The van der Waals surface area contributed by atoms with E-state index in [0.717, 1.165) is 6.07 Å². The summed E-state index contributed by atoms with van der Waals surface area (Å²) in [7, 11) is 1.26. The van der Waals surface area contributed by atoms with Crippen LogP contribution in [0.15, 0.2) is 6.07 Å². The van der Waals surface area contributed by atoms with Gasteiger partial charge in [-0.1, -0.05) is 0 Å². The molecule has 0 heterocycles. The number of aromatic carboxylic acids is 1. The average molecular weight is 243 g/mol. The van der Waals surface area contributed by atoms with Gasteiger partial charge < -0.3 is 20.1 Å². The maximum Gasteiger partial charge on any atom is 0.346 e. The van der Waals surface area contributed by atoms with Crippen molar-refractivity contribution in [3.8, 4) is 11.5 Å². The van der Waals surface area contributed by atoms with Crippen LogP contribution in [0.3, 0.4) is 0 Å². The zero-order valence-corrected chi connectivity index (χ0v) is 8.71. The van der Waals surface area contributed by atoms with Gasteiger partial charge in [0.05, 0.1) is 17.1 Å². The van der Waals surface area contributed by atoms with Crippen LogP contribution in [0.4, 0.5) is 5.69 Å². The summed E-state index contributed by atoms with van der Waals surface area (Å²) >= 11 is 0. The highest BCUT2D eigenvalue weighted by atomic mass is 16.6. The molecule has 0 saturated carbocycles. The van der Waals surface area contributed by atoms with Crippen LogP contribution in [0.1, 0.15) is 15.9 Å². The van der Waals surface area contributed by atoms with Crippen molar-refractivity contribution in [3.63, 3.8) is 0 Å². The standard InChI is InChI=1S/C9H9NO7/c1-17-3-4-2-5(11)8(12)6(9(13)14)7(4)10(15)16/h2,11-12H,3H2,1H3,(H,13,14). The molecule has 0 unspecified atom stereocenters. The largest absolute Gasteiger partial charge is 0.504 e. The zero-order valence-electron chi connectivity index (χ0n) is 8.71. The molecule has 0 saturated heterocycles. The molecule has 0 aliphatic heterocycles. The topological polar surface area (TPSA) is 130 Å². The van der Waals surface area contributed by atoms with Crippen LogP contribution < -0.4 is 0 Å². The van der Waals surface area contributed by atoms with Gasteiger partial charge in [0.1, 0.15) is 0 Å². The quantitative estimate of drug-likeness (QED) is 0.406. The van der Waals surface area contributed by atoms with E-state index in [1.807, 2.05) is 0 Å². The van der Waals surface area contributed by atoms with Gasteiger partial charge in [-0.25, -0.2) is 4.79 Å². The normalized spacial score (nSPS) is 10.2. The van der Waals surface area contributed by atoms with Gasteiger partial charge in [-0.05, 0) is 6.07 Å². The van der Waals surface area contributed by atoms with Crippen molar-refractivity contribution in [1.29, 1.82) is 0 Å². The van der Waals surface area contributed by atoms with E-state index < -0.39 is 33.6 Å². The molecule has 0 fully saturated rings. The minimum atomic E-state index is -1.71. The molecule has 0 aliphatic rings. The second-order valence-corrected chi connectivity index (χ2v) is 3.12. The Labute approximate surface area is 94.8 Å². The number of nitro benzene ring substituents is 1. The fraction of sp³-hybridized carbons (Fsp3) is 0.222. The van der Waals surface area contributed by atoms with Crippen LogP contribution in [0, 0.1) is 10.1 Å². The summed E-state index contributed by atoms with van der Waals surface area (Å²) in [5, 5.41) is 38.2. The number of carboxylic acid groups (broad SMARTS) is 1. The molecule has 0 spiro atoms.